The fourth-order valence-electron chi connectivity index (χ4n) is 4.75. The highest BCUT2D eigenvalue weighted by Gasteiger charge is 2.37. The molecule has 4 nitrogen and oxygen atoms in total. The zero-order valence-corrected chi connectivity index (χ0v) is 20.2. The lowest BCUT2D eigenvalue weighted by atomic mass is 9.94. The Morgan fingerprint density at radius 3 is 2.03 bits per heavy atom. The first-order valence-corrected chi connectivity index (χ1v) is 11.9. The highest BCUT2D eigenvalue weighted by molar-refractivity contribution is 5.40. The van der Waals surface area contributed by atoms with Gasteiger partial charge >= 0.3 is 12.4 Å². The van der Waals surface area contributed by atoms with Crippen molar-refractivity contribution in [3.63, 3.8) is 0 Å². The van der Waals surface area contributed by atoms with E-state index in [9.17, 15) is 26.3 Å². The molecule has 0 saturated carbocycles. The van der Waals surface area contributed by atoms with E-state index in [0.29, 0.717) is 38.3 Å². The lowest BCUT2D eigenvalue weighted by Gasteiger charge is -2.40. The minimum atomic E-state index is -4.88. The van der Waals surface area contributed by atoms with Gasteiger partial charge in [0.05, 0.1) is 18.2 Å². The first kappa shape index (κ1) is 26.8. The van der Waals surface area contributed by atoms with Gasteiger partial charge in [-0.1, -0.05) is 24.3 Å². The van der Waals surface area contributed by atoms with Gasteiger partial charge in [-0.05, 0) is 54.8 Å². The summed E-state index contributed by atoms with van der Waals surface area (Å²) >= 11 is 0. The van der Waals surface area contributed by atoms with Crippen molar-refractivity contribution >= 4 is 5.82 Å². The Bertz CT molecular complexity index is 1140. The Kier molecular flexibility index (Phi) is 7.96. The SMILES string of the molecule is COc1ccccc1C(CCc1cc(C(F)(F)F)cc(C(F)(F)F)c1)N1CCN(c2ccccn2)CC1. The molecule has 1 aliphatic rings. The second-order valence-corrected chi connectivity index (χ2v) is 8.92. The number of aromatic nitrogens is 1. The zero-order valence-electron chi connectivity index (χ0n) is 20.2. The number of anilines is 1. The van der Waals surface area contributed by atoms with Crippen molar-refractivity contribution in [3.05, 3.63) is 89.1 Å². The number of halogens is 6. The van der Waals surface area contributed by atoms with Gasteiger partial charge in [-0.2, -0.15) is 26.3 Å². The molecule has 1 unspecified atom stereocenters. The summed E-state index contributed by atoms with van der Waals surface area (Å²) in [6.07, 6.45) is -7.66. The normalized spacial score (nSPS) is 16.0. The van der Waals surface area contributed by atoms with Gasteiger partial charge < -0.3 is 9.64 Å². The fourth-order valence-corrected chi connectivity index (χ4v) is 4.75. The highest BCUT2D eigenvalue weighted by atomic mass is 19.4. The number of alkyl halides is 6. The number of benzene rings is 2. The van der Waals surface area contributed by atoms with E-state index in [1.807, 2.05) is 36.4 Å². The van der Waals surface area contributed by atoms with Crippen molar-refractivity contribution in [3.8, 4) is 5.75 Å². The highest BCUT2D eigenvalue weighted by Crippen LogP contribution is 2.38. The number of ether oxygens (including phenoxy) is 1. The Labute approximate surface area is 211 Å². The molecule has 0 amide bonds. The van der Waals surface area contributed by atoms with Crippen LogP contribution in [-0.4, -0.2) is 43.2 Å². The average molecular weight is 524 g/mol. The van der Waals surface area contributed by atoms with Gasteiger partial charge in [0.25, 0.3) is 0 Å². The molecular formula is C27H27F6N3O. The second-order valence-electron chi connectivity index (χ2n) is 8.92. The number of para-hydroxylation sites is 1. The predicted molar refractivity (Wildman–Crippen MR) is 129 cm³/mol. The smallest absolute Gasteiger partial charge is 0.416 e. The minimum absolute atomic E-state index is 0.00540. The van der Waals surface area contributed by atoms with Gasteiger partial charge in [0.1, 0.15) is 11.6 Å². The molecule has 0 radical (unpaired) electrons. The van der Waals surface area contributed by atoms with Crippen molar-refractivity contribution in [2.24, 2.45) is 0 Å². The number of piperazine rings is 1. The first-order chi connectivity index (χ1) is 17.6. The summed E-state index contributed by atoms with van der Waals surface area (Å²) in [4.78, 5) is 8.75. The maximum Gasteiger partial charge on any atom is 0.416 e. The Morgan fingerprint density at radius 1 is 0.838 bits per heavy atom. The molecule has 1 fully saturated rings. The van der Waals surface area contributed by atoms with E-state index in [4.69, 9.17) is 4.74 Å². The molecule has 0 aliphatic carbocycles. The van der Waals surface area contributed by atoms with Crippen LogP contribution in [-0.2, 0) is 18.8 Å². The molecule has 2 aromatic carbocycles. The molecular weight excluding hydrogens is 496 g/mol. The monoisotopic (exact) mass is 523 g/mol. The third-order valence-electron chi connectivity index (χ3n) is 6.58. The van der Waals surface area contributed by atoms with E-state index in [0.717, 1.165) is 23.5 Å². The summed E-state index contributed by atoms with van der Waals surface area (Å²) in [6.45, 7) is 2.67. The number of nitrogens with zero attached hydrogens (tertiary/aromatic N) is 3. The Balaban J connectivity index is 1.59. The minimum Gasteiger partial charge on any atom is -0.496 e. The van der Waals surface area contributed by atoms with Crippen LogP contribution in [0.25, 0.3) is 0 Å². The molecule has 198 valence electrons. The summed E-state index contributed by atoms with van der Waals surface area (Å²) in [7, 11) is 1.54. The molecule has 0 N–H and O–H groups in total. The van der Waals surface area contributed by atoms with E-state index >= 15 is 0 Å². The topological polar surface area (TPSA) is 28.6 Å². The van der Waals surface area contributed by atoms with Gasteiger partial charge in [-0.3, -0.25) is 4.90 Å². The summed E-state index contributed by atoms with van der Waals surface area (Å²) in [5.74, 6) is 1.49. The lowest BCUT2D eigenvalue weighted by molar-refractivity contribution is -0.143. The molecule has 1 aromatic heterocycles. The average Bonchev–Trinajstić information content (AvgIpc) is 2.89. The van der Waals surface area contributed by atoms with E-state index in [-0.39, 0.29) is 24.1 Å². The summed E-state index contributed by atoms with van der Waals surface area (Å²) in [5.41, 5.74) is -1.75. The predicted octanol–water partition coefficient (Wildman–Crippen LogP) is 6.62. The van der Waals surface area contributed by atoms with Crippen LogP contribution in [0.1, 0.15) is 34.7 Å². The Morgan fingerprint density at radius 2 is 1.46 bits per heavy atom. The number of hydrogen-bond acceptors (Lipinski definition) is 4. The summed E-state index contributed by atoms with van der Waals surface area (Å²) in [6, 6.07) is 14.6. The van der Waals surface area contributed by atoms with E-state index in [1.54, 1.807) is 12.3 Å². The molecule has 1 saturated heterocycles. The molecule has 4 rings (SSSR count). The van der Waals surface area contributed by atoms with Crippen LogP contribution in [0, 0.1) is 0 Å². The third-order valence-corrected chi connectivity index (χ3v) is 6.58. The van der Waals surface area contributed by atoms with Crippen LogP contribution >= 0.6 is 0 Å². The van der Waals surface area contributed by atoms with E-state index < -0.39 is 23.5 Å². The van der Waals surface area contributed by atoms with Crippen LogP contribution in [0.15, 0.2) is 66.9 Å². The van der Waals surface area contributed by atoms with Crippen LogP contribution in [0.5, 0.6) is 5.75 Å². The number of rotatable bonds is 7. The summed E-state index contributed by atoms with van der Waals surface area (Å²) in [5, 5.41) is 0. The molecule has 0 spiro atoms. The van der Waals surface area contributed by atoms with Gasteiger partial charge in [0, 0.05) is 44.0 Å². The summed E-state index contributed by atoms with van der Waals surface area (Å²) < 4.78 is 85.7. The second kappa shape index (κ2) is 11.0. The van der Waals surface area contributed by atoms with E-state index in [1.165, 1.54) is 7.11 Å². The third kappa shape index (κ3) is 6.54. The largest absolute Gasteiger partial charge is 0.496 e. The van der Waals surface area contributed by atoms with Gasteiger partial charge in [0.15, 0.2) is 0 Å². The fraction of sp³-hybridized carbons (Fsp3) is 0.370. The van der Waals surface area contributed by atoms with Crippen molar-refractivity contribution in [2.75, 3.05) is 38.2 Å². The molecule has 1 atom stereocenters. The molecule has 3 aromatic rings. The van der Waals surface area contributed by atoms with Crippen LogP contribution in [0.2, 0.25) is 0 Å². The number of pyridine rings is 1. The first-order valence-electron chi connectivity index (χ1n) is 11.9. The molecule has 10 heteroatoms. The van der Waals surface area contributed by atoms with Crippen molar-refractivity contribution < 1.29 is 31.1 Å². The maximum atomic E-state index is 13.4. The van der Waals surface area contributed by atoms with Crippen LogP contribution < -0.4 is 9.64 Å². The molecule has 0 bridgehead atoms. The quantitative estimate of drug-likeness (QED) is 0.326. The molecule has 37 heavy (non-hydrogen) atoms. The van der Waals surface area contributed by atoms with Crippen molar-refractivity contribution in [1.29, 1.82) is 0 Å². The van der Waals surface area contributed by atoms with Gasteiger partial charge in [0.2, 0.25) is 0 Å². The van der Waals surface area contributed by atoms with Gasteiger partial charge in [-0.25, -0.2) is 4.98 Å². The number of hydrogen-bond donors (Lipinski definition) is 0. The lowest BCUT2D eigenvalue weighted by Crippen LogP contribution is -2.48. The van der Waals surface area contributed by atoms with Gasteiger partial charge in [-0.15, -0.1) is 0 Å². The Hall–Kier alpha value is -3.27. The van der Waals surface area contributed by atoms with Crippen LogP contribution in [0.4, 0.5) is 32.2 Å². The number of methoxy groups -OCH3 is 1. The standard InChI is InChI=1S/C27H27F6N3O/c1-37-24-7-3-2-6-22(24)23(35-12-14-36(15-13-35)25-8-4-5-11-34-25)10-9-19-16-20(26(28,29)30)18-21(17-19)27(31,32)33/h2-8,11,16-18,23H,9-10,12-15H2,1H3. The van der Waals surface area contributed by atoms with Crippen molar-refractivity contribution in [2.45, 2.75) is 31.2 Å². The van der Waals surface area contributed by atoms with Crippen molar-refractivity contribution in [1.82, 2.24) is 9.88 Å². The zero-order chi connectivity index (χ0) is 26.6. The maximum absolute atomic E-state index is 13.4. The van der Waals surface area contributed by atoms with Crippen LogP contribution in [0.3, 0.4) is 0 Å². The molecule has 2 heterocycles. The molecule has 1 aliphatic heterocycles. The number of aryl methyl sites for hydroxylation is 1. The van der Waals surface area contributed by atoms with E-state index in [2.05, 4.69) is 14.8 Å².